The lowest BCUT2D eigenvalue weighted by Crippen LogP contribution is -2.31. The van der Waals surface area contributed by atoms with Gasteiger partial charge < -0.3 is 10.4 Å². The van der Waals surface area contributed by atoms with Crippen LogP contribution in [0.5, 0.6) is 0 Å². The largest absolute Gasteiger partial charge is 0.396 e. The lowest BCUT2D eigenvalue weighted by molar-refractivity contribution is -0.118. The minimum atomic E-state index is -0.00982. The Morgan fingerprint density at radius 3 is 3.00 bits per heavy atom. The van der Waals surface area contributed by atoms with Crippen LogP contribution in [0.1, 0.15) is 45.1 Å². The predicted octanol–water partition coefficient (Wildman–Crippen LogP) is 1.01. The Labute approximate surface area is 128 Å². The van der Waals surface area contributed by atoms with Crippen molar-refractivity contribution in [3.63, 3.8) is 0 Å². The zero-order valence-electron chi connectivity index (χ0n) is 12.4. The number of aromatic nitrogens is 4. The van der Waals surface area contributed by atoms with Gasteiger partial charge in [0.1, 0.15) is 0 Å². The standard InChI is InChI=1S/C13H23N5O2S/c1-2-3-10(6-7-19)8-14-12(20)9-21-13-15-16-17-18(13)11-4-5-11/h10-11,19H,2-9H2,1H3,(H,14,20). The quantitative estimate of drug-likeness (QED) is 0.626. The number of hydrogen-bond donors (Lipinski definition) is 2. The number of nitrogens with one attached hydrogen (secondary N) is 1. The first kappa shape index (κ1) is 16.2. The van der Waals surface area contributed by atoms with Crippen LogP contribution in [0.25, 0.3) is 0 Å². The van der Waals surface area contributed by atoms with E-state index in [1.165, 1.54) is 11.8 Å². The summed E-state index contributed by atoms with van der Waals surface area (Å²) in [4.78, 5) is 11.9. The molecule has 1 unspecified atom stereocenters. The molecule has 1 aliphatic carbocycles. The minimum absolute atomic E-state index is 0.00982. The van der Waals surface area contributed by atoms with Gasteiger partial charge in [-0.05, 0) is 42.0 Å². The Kier molecular flexibility index (Phi) is 6.44. The first-order chi connectivity index (χ1) is 10.2. The average Bonchev–Trinajstić information content (AvgIpc) is 3.21. The van der Waals surface area contributed by atoms with Crippen LogP contribution >= 0.6 is 11.8 Å². The van der Waals surface area contributed by atoms with Crippen molar-refractivity contribution in [3.8, 4) is 0 Å². The van der Waals surface area contributed by atoms with Gasteiger partial charge in [-0.3, -0.25) is 4.79 Å². The van der Waals surface area contributed by atoms with Gasteiger partial charge in [0.25, 0.3) is 0 Å². The molecule has 0 aromatic carbocycles. The van der Waals surface area contributed by atoms with Crippen molar-refractivity contribution >= 4 is 17.7 Å². The zero-order valence-corrected chi connectivity index (χ0v) is 13.2. The van der Waals surface area contributed by atoms with Crippen LogP contribution in [0.2, 0.25) is 0 Å². The number of nitrogens with zero attached hydrogens (tertiary/aromatic N) is 4. The third-order valence-electron chi connectivity index (χ3n) is 3.51. The molecule has 1 atom stereocenters. The Hall–Kier alpha value is -1.15. The van der Waals surface area contributed by atoms with Crippen molar-refractivity contribution in [1.29, 1.82) is 0 Å². The van der Waals surface area contributed by atoms with Gasteiger partial charge in [0.2, 0.25) is 11.1 Å². The van der Waals surface area contributed by atoms with Crippen LogP contribution < -0.4 is 5.32 Å². The topological polar surface area (TPSA) is 92.9 Å². The molecule has 1 aliphatic rings. The van der Waals surface area contributed by atoms with Crippen molar-refractivity contribution in [2.24, 2.45) is 5.92 Å². The molecule has 0 spiro atoms. The molecule has 2 rings (SSSR count). The van der Waals surface area contributed by atoms with Crippen LogP contribution in [0, 0.1) is 5.92 Å². The molecular weight excluding hydrogens is 290 g/mol. The number of aliphatic hydroxyl groups excluding tert-OH is 1. The van der Waals surface area contributed by atoms with Gasteiger partial charge in [0, 0.05) is 13.2 Å². The van der Waals surface area contributed by atoms with Crippen LogP contribution in [-0.4, -0.2) is 50.1 Å². The van der Waals surface area contributed by atoms with Crippen molar-refractivity contribution in [2.45, 2.75) is 50.2 Å². The normalized spacial score (nSPS) is 15.9. The van der Waals surface area contributed by atoms with Gasteiger partial charge >= 0.3 is 0 Å². The second-order valence-electron chi connectivity index (χ2n) is 5.40. The molecule has 1 aromatic heterocycles. The summed E-state index contributed by atoms with van der Waals surface area (Å²) in [6.07, 6.45) is 5.05. The average molecular weight is 313 g/mol. The Bertz CT molecular complexity index is 444. The summed E-state index contributed by atoms with van der Waals surface area (Å²) in [6, 6.07) is 0.420. The van der Waals surface area contributed by atoms with Gasteiger partial charge in [-0.15, -0.1) is 5.10 Å². The molecule has 0 saturated heterocycles. The van der Waals surface area contributed by atoms with E-state index >= 15 is 0 Å². The smallest absolute Gasteiger partial charge is 0.230 e. The number of tetrazole rings is 1. The molecule has 8 heteroatoms. The number of carbonyl (C=O) groups excluding carboxylic acids is 1. The fourth-order valence-electron chi connectivity index (χ4n) is 2.21. The first-order valence-electron chi connectivity index (χ1n) is 7.52. The number of amides is 1. The number of rotatable bonds is 10. The number of carbonyl (C=O) groups is 1. The Morgan fingerprint density at radius 2 is 2.33 bits per heavy atom. The van der Waals surface area contributed by atoms with E-state index in [0.717, 1.165) is 32.1 Å². The van der Waals surface area contributed by atoms with Crippen LogP contribution in [0.4, 0.5) is 0 Å². The highest BCUT2D eigenvalue weighted by molar-refractivity contribution is 7.99. The fraction of sp³-hybridized carbons (Fsp3) is 0.846. The van der Waals surface area contributed by atoms with Crippen molar-refractivity contribution in [3.05, 3.63) is 0 Å². The summed E-state index contributed by atoms with van der Waals surface area (Å²) in [5.74, 6) is 0.667. The number of aliphatic hydroxyl groups is 1. The van der Waals surface area contributed by atoms with E-state index in [4.69, 9.17) is 5.11 Å². The number of hydrogen-bond acceptors (Lipinski definition) is 6. The van der Waals surface area contributed by atoms with Crippen LogP contribution in [-0.2, 0) is 4.79 Å². The molecular formula is C13H23N5O2S. The summed E-state index contributed by atoms with van der Waals surface area (Å²) in [6.45, 7) is 2.91. The van der Waals surface area contributed by atoms with E-state index in [-0.39, 0.29) is 12.5 Å². The summed E-state index contributed by atoms with van der Waals surface area (Å²) in [5.41, 5.74) is 0. The SMILES string of the molecule is CCCC(CCO)CNC(=O)CSc1nnnn1C1CC1. The maximum Gasteiger partial charge on any atom is 0.230 e. The molecule has 0 radical (unpaired) electrons. The monoisotopic (exact) mass is 313 g/mol. The van der Waals surface area contributed by atoms with E-state index < -0.39 is 0 Å². The van der Waals surface area contributed by atoms with Gasteiger partial charge in [-0.25, -0.2) is 4.68 Å². The van der Waals surface area contributed by atoms with Gasteiger partial charge in [0.15, 0.2) is 0 Å². The highest BCUT2D eigenvalue weighted by atomic mass is 32.2. The highest BCUT2D eigenvalue weighted by Crippen LogP contribution is 2.36. The molecule has 1 fully saturated rings. The molecule has 1 heterocycles. The van der Waals surface area contributed by atoms with Crippen molar-refractivity contribution < 1.29 is 9.90 Å². The van der Waals surface area contributed by atoms with Crippen molar-refractivity contribution in [1.82, 2.24) is 25.5 Å². The molecule has 7 nitrogen and oxygen atoms in total. The fourth-order valence-corrected chi connectivity index (χ4v) is 2.98. The summed E-state index contributed by atoms with van der Waals surface area (Å²) in [7, 11) is 0. The second kappa shape index (κ2) is 8.33. The van der Waals surface area contributed by atoms with Gasteiger partial charge in [-0.2, -0.15) is 0 Å². The predicted molar refractivity (Wildman–Crippen MR) is 79.9 cm³/mol. The highest BCUT2D eigenvalue weighted by Gasteiger charge is 2.28. The maximum atomic E-state index is 11.9. The number of thioether (sulfide) groups is 1. The minimum Gasteiger partial charge on any atom is -0.396 e. The molecule has 1 aromatic rings. The van der Waals surface area contributed by atoms with E-state index in [1.54, 1.807) is 0 Å². The van der Waals surface area contributed by atoms with E-state index in [1.807, 2.05) is 4.68 Å². The lowest BCUT2D eigenvalue weighted by atomic mass is 10.0. The maximum absolute atomic E-state index is 11.9. The third kappa shape index (κ3) is 5.28. The Balaban J connectivity index is 1.70. The van der Waals surface area contributed by atoms with Gasteiger partial charge in [0.05, 0.1) is 11.8 Å². The third-order valence-corrected chi connectivity index (χ3v) is 4.44. The van der Waals surface area contributed by atoms with Crippen LogP contribution in [0.15, 0.2) is 5.16 Å². The van der Waals surface area contributed by atoms with Gasteiger partial charge in [-0.1, -0.05) is 25.1 Å². The zero-order chi connectivity index (χ0) is 15.1. The Morgan fingerprint density at radius 1 is 1.52 bits per heavy atom. The lowest BCUT2D eigenvalue weighted by Gasteiger charge is -2.15. The molecule has 118 valence electrons. The summed E-state index contributed by atoms with van der Waals surface area (Å²) in [5, 5.41) is 24.2. The van der Waals surface area contributed by atoms with E-state index in [2.05, 4.69) is 27.8 Å². The van der Waals surface area contributed by atoms with Crippen LogP contribution in [0.3, 0.4) is 0 Å². The second-order valence-corrected chi connectivity index (χ2v) is 6.34. The molecule has 0 aliphatic heterocycles. The molecule has 1 saturated carbocycles. The van der Waals surface area contributed by atoms with E-state index in [9.17, 15) is 4.79 Å². The summed E-state index contributed by atoms with van der Waals surface area (Å²) < 4.78 is 1.81. The first-order valence-corrected chi connectivity index (χ1v) is 8.51. The molecule has 0 bridgehead atoms. The molecule has 2 N–H and O–H groups in total. The van der Waals surface area contributed by atoms with E-state index in [0.29, 0.717) is 29.4 Å². The summed E-state index contributed by atoms with van der Waals surface area (Å²) >= 11 is 1.37. The molecule has 1 amide bonds. The molecule has 21 heavy (non-hydrogen) atoms. The van der Waals surface area contributed by atoms with Crippen molar-refractivity contribution in [2.75, 3.05) is 18.9 Å².